The lowest BCUT2D eigenvalue weighted by Gasteiger charge is -2.51. The second-order valence-electron chi connectivity index (χ2n) is 5.52. The van der Waals surface area contributed by atoms with Gasteiger partial charge in [0.25, 0.3) is 0 Å². The molecule has 100 valence electrons. The van der Waals surface area contributed by atoms with Crippen molar-refractivity contribution in [2.24, 2.45) is 5.41 Å². The number of halogens is 1. The van der Waals surface area contributed by atoms with Crippen molar-refractivity contribution in [1.29, 1.82) is 0 Å². The van der Waals surface area contributed by atoms with Gasteiger partial charge in [0, 0.05) is 28.7 Å². The molecule has 0 spiro atoms. The molecule has 0 aromatic carbocycles. The molecule has 1 N–H and O–H groups in total. The van der Waals surface area contributed by atoms with Crippen LogP contribution < -0.4 is 5.32 Å². The van der Waals surface area contributed by atoms with Gasteiger partial charge in [0.05, 0.1) is 6.10 Å². The third-order valence-corrected chi connectivity index (χ3v) is 4.34. The van der Waals surface area contributed by atoms with Gasteiger partial charge in [-0.05, 0) is 47.8 Å². The average Bonchev–Trinajstić information content (AvgIpc) is 2.30. The second kappa shape index (κ2) is 5.17. The lowest BCUT2D eigenvalue weighted by atomic mass is 9.64. The van der Waals surface area contributed by atoms with Gasteiger partial charge >= 0.3 is 0 Å². The first-order valence-corrected chi connectivity index (χ1v) is 7.24. The topological polar surface area (TPSA) is 34.1 Å². The fourth-order valence-electron chi connectivity index (χ4n) is 2.47. The van der Waals surface area contributed by atoms with Crippen molar-refractivity contribution in [3.8, 4) is 0 Å². The van der Waals surface area contributed by atoms with E-state index < -0.39 is 0 Å². The molecule has 1 aromatic heterocycles. The summed E-state index contributed by atoms with van der Waals surface area (Å²) in [5, 5.41) is 3.54. The van der Waals surface area contributed by atoms with Crippen LogP contribution in [0.4, 0.5) is 5.82 Å². The molecule has 0 amide bonds. The summed E-state index contributed by atoms with van der Waals surface area (Å²) < 4.78 is 6.76. The standard InChI is InChI=1S/C14H21BrN2O/c1-5-18-12-7-11(14(12,3)4)17-13-9(2)6-10(15)8-16-13/h6,8,11-12H,5,7H2,1-4H3,(H,16,17). The largest absolute Gasteiger partial charge is 0.378 e. The van der Waals surface area contributed by atoms with E-state index in [4.69, 9.17) is 4.74 Å². The smallest absolute Gasteiger partial charge is 0.129 e. The highest BCUT2D eigenvalue weighted by atomic mass is 79.9. The van der Waals surface area contributed by atoms with E-state index in [-0.39, 0.29) is 5.41 Å². The van der Waals surface area contributed by atoms with Crippen LogP contribution in [0.1, 0.15) is 32.8 Å². The predicted molar refractivity (Wildman–Crippen MR) is 77.9 cm³/mol. The minimum absolute atomic E-state index is 0.164. The van der Waals surface area contributed by atoms with Crippen molar-refractivity contribution in [1.82, 2.24) is 4.98 Å². The monoisotopic (exact) mass is 312 g/mol. The molecular weight excluding hydrogens is 292 g/mol. The highest BCUT2D eigenvalue weighted by Gasteiger charge is 2.49. The van der Waals surface area contributed by atoms with Gasteiger partial charge in [-0.25, -0.2) is 4.98 Å². The Morgan fingerprint density at radius 3 is 2.83 bits per heavy atom. The van der Waals surface area contributed by atoms with Crippen molar-refractivity contribution in [3.63, 3.8) is 0 Å². The zero-order valence-corrected chi connectivity index (χ0v) is 13.0. The molecule has 4 heteroatoms. The van der Waals surface area contributed by atoms with E-state index in [1.54, 1.807) is 0 Å². The Kier molecular flexibility index (Phi) is 3.97. The molecular formula is C14H21BrN2O. The molecule has 0 bridgehead atoms. The SMILES string of the molecule is CCOC1CC(Nc2ncc(Br)cc2C)C1(C)C. The van der Waals surface area contributed by atoms with Crippen LogP contribution in [0.3, 0.4) is 0 Å². The molecule has 1 fully saturated rings. The predicted octanol–water partition coefficient (Wildman–Crippen LogP) is 3.77. The maximum atomic E-state index is 5.74. The third-order valence-electron chi connectivity index (χ3n) is 3.90. The Balaban J connectivity index is 2.03. The first-order chi connectivity index (χ1) is 8.45. The summed E-state index contributed by atoms with van der Waals surface area (Å²) in [5.41, 5.74) is 1.33. The van der Waals surface area contributed by atoms with Gasteiger partial charge in [0.2, 0.25) is 0 Å². The molecule has 1 aliphatic rings. The molecule has 3 nitrogen and oxygen atoms in total. The number of pyridine rings is 1. The Labute approximate surface area is 117 Å². The molecule has 1 aliphatic carbocycles. The second-order valence-corrected chi connectivity index (χ2v) is 6.43. The van der Waals surface area contributed by atoms with Crippen molar-refractivity contribution in [2.45, 2.75) is 46.3 Å². The lowest BCUT2D eigenvalue weighted by Crippen LogP contribution is -2.58. The number of nitrogens with one attached hydrogen (secondary N) is 1. The zero-order chi connectivity index (χ0) is 13.3. The van der Waals surface area contributed by atoms with E-state index in [0.717, 1.165) is 23.3 Å². The van der Waals surface area contributed by atoms with Crippen LogP contribution >= 0.6 is 15.9 Å². The van der Waals surface area contributed by atoms with Crippen molar-refractivity contribution < 1.29 is 4.74 Å². The molecule has 2 rings (SSSR count). The van der Waals surface area contributed by atoms with Gasteiger partial charge in [-0.2, -0.15) is 0 Å². The van der Waals surface area contributed by atoms with Gasteiger partial charge < -0.3 is 10.1 Å². The average molecular weight is 313 g/mol. The van der Waals surface area contributed by atoms with E-state index in [9.17, 15) is 0 Å². The summed E-state index contributed by atoms with van der Waals surface area (Å²) in [7, 11) is 0. The van der Waals surface area contributed by atoms with Gasteiger partial charge in [0.1, 0.15) is 5.82 Å². The Morgan fingerprint density at radius 1 is 1.56 bits per heavy atom. The molecule has 18 heavy (non-hydrogen) atoms. The molecule has 2 unspecified atom stereocenters. The summed E-state index contributed by atoms with van der Waals surface area (Å²) in [6.45, 7) is 9.42. The van der Waals surface area contributed by atoms with Crippen LogP contribution in [-0.2, 0) is 4.74 Å². The van der Waals surface area contributed by atoms with Crippen LogP contribution in [0.2, 0.25) is 0 Å². The minimum Gasteiger partial charge on any atom is -0.378 e. The minimum atomic E-state index is 0.164. The Hall–Kier alpha value is -0.610. The lowest BCUT2D eigenvalue weighted by molar-refractivity contribution is -0.0976. The normalized spacial score (nSPS) is 25.6. The fourth-order valence-corrected chi connectivity index (χ4v) is 2.92. The quantitative estimate of drug-likeness (QED) is 0.919. The van der Waals surface area contributed by atoms with E-state index >= 15 is 0 Å². The van der Waals surface area contributed by atoms with E-state index in [2.05, 4.69) is 60.0 Å². The summed E-state index contributed by atoms with van der Waals surface area (Å²) in [5.74, 6) is 0.978. The number of rotatable bonds is 4. The first kappa shape index (κ1) is 13.8. The molecule has 1 saturated carbocycles. The molecule has 1 heterocycles. The van der Waals surface area contributed by atoms with Crippen molar-refractivity contribution in [3.05, 3.63) is 22.3 Å². The number of hydrogen-bond acceptors (Lipinski definition) is 3. The zero-order valence-electron chi connectivity index (χ0n) is 11.5. The van der Waals surface area contributed by atoms with Crippen LogP contribution in [-0.4, -0.2) is 23.7 Å². The maximum absolute atomic E-state index is 5.74. The van der Waals surface area contributed by atoms with Gasteiger partial charge in [-0.15, -0.1) is 0 Å². The van der Waals surface area contributed by atoms with Gasteiger partial charge in [-0.3, -0.25) is 0 Å². The highest BCUT2D eigenvalue weighted by Crippen LogP contribution is 2.44. The summed E-state index contributed by atoms with van der Waals surface area (Å²) in [6, 6.07) is 2.52. The van der Waals surface area contributed by atoms with Crippen LogP contribution in [0.25, 0.3) is 0 Å². The Morgan fingerprint density at radius 2 is 2.28 bits per heavy atom. The van der Waals surface area contributed by atoms with E-state index in [1.165, 1.54) is 5.56 Å². The molecule has 0 aliphatic heterocycles. The van der Waals surface area contributed by atoms with Gasteiger partial charge in [-0.1, -0.05) is 13.8 Å². The number of anilines is 1. The van der Waals surface area contributed by atoms with E-state index in [0.29, 0.717) is 12.1 Å². The molecule has 0 radical (unpaired) electrons. The number of aryl methyl sites for hydroxylation is 1. The fraction of sp³-hybridized carbons (Fsp3) is 0.643. The number of aromatic nitrogens is 1. The van der Waals surface area contributed by atoms with E-state index in [1.807, 2.05) is 6.20 Å². The first-order valence-electron chi connectivity index (χ1n) is 6.45. The van der Waals surface area contributed by atoms with Crippen molar-refractivity contribution >= 4 is 21.7 Å². The number of nitrogens with zero attached hydrogens (tertiary/aromatic N) is 1. The van der Waals surface area contributed by atoms with Crippen molar-refractivity contribution in [2.75, 3.05) is 11.9 Å². The van der Waals surface area contributed by atoms with Crippen LogP contribution in [0.5, 0.6) is 0 Å². The summed E-state index contributed by atoms with van der Waals surface area (Å²) in [6.07, 6.45) is 3.25. The highest BCUT2D eigenvalue weighted by molar-refractivity contribution is 9.10. The Bertz CT molecular complexity index is 434. The summed E-state index contributed by atoms with van der Waals surface area (Å²) in [4.78, 5) is 4.44. The molecule has 0 saturated heterocycles. The van der Waals surface area contributed by atoms with Crippen LogP contribution in [0, 0.1) is 12.3 Å². The van der Waals surface area contributed by atoms with Crippen LogP contribution in [0.15, 0.2) is 16.7 Å². The third kappa shape index (κ3) is 2.54. The molecule has 1 aromatic rings. The number of hydrogen-bond donors (Lipinski definition) is 1. The van der Waals surface area contributed by atoms with Gasteiger partial charge in [0.15, 0.2) is 0 Å². The number of ether oxygens (including phenoxy) is 1. The molecule has 2 atom stereocenters. The summed E-state index contributed by atoms with van der Waals surface area (Å²) >= 11 is 3.44. The maximum Gasteiger partial charge on any atom is 0.129 e.